The van der Waals surface area contributed by atoms with Crippen molar-refractivity contribution in [2.45, 2.75) is 13.3 Å². The van der Waals surface area contributed by atoms with E-state index in [9.17, 15) is 4.79 Å². The van der Waals surface area contributed by atoms with E-state index in [1.54, 1.807) is 4.40 Å². The number of fused-ring (bicyclic) bond motifs is 1. The maximum atomic E-state index is 13.5. The summed E-state index contributed by atoms with van der Waals surface area (Å²) in [6.45, 7) is 2.78. The van der Waals surface area contributed by atoms with E-state index in [1.807, 2.05) is 91.0 Å². The fraction of sp³-hybridized carbons (Fsp3) is 0.111. The molecule has 0 spiro atoms. The second kappa shape index (κ2) is 8.81. The van der Waals surface area contributed by atoms with Crippen LogP contribution in [0.5, 0.6) is 5.75 Å². The highest BCUT2D eigenvalue weighted by molar-refractivity contribution is 7.15. The van der Waals surface area contributed by atoms with Crippen molar-refractivity contribution < 1.29 is 4.74 Å². The Bertz CT molecular complexity index is 1450. The van der Waals surface area contributed by atoms with Gasteiger partial charge in [0.2, 0.25) is 0 Å². The molecule has 0 bridgehead atoms. The Morgan fingerprint density at radius 2 is 1.56 bits per heavy atom. The molecule has 5 aromatic rings. The van der Waals surface area contributed by atoms with Crippen LogP contribution in [0.1, 0.15) is 18.9 Å². The third-order valence-corrected chi connectivity index (χ3v) is 6.18. The lowest BCUT2D eigenvalue weighted by molar-refractivity contribution is 0.317. The Balaban J connectivity index is 1.65. The van der Waals surface area contributed by atoms with Gasteiger partial charge in [0, 0.05) is 11.1 Å². The van der Waals surface area contributed by atoms with E-state index in [4.69, 9.17) is 9.72 Å². The average molecular weight is 439 g/mol. The number of hydrogen-bond acceptors (Lipinski definition) is 4. The molecular weight excluding hydrogens is 416 g/mol. The Morgan fingerprint density at radius 1 is 0.906 bits per heavy atom. The number of thiazole rings is 1. The van der Waals surface area contributed by atoms with Crippen molar-refractivity contribution in [2.75, 3.05) is 6.61 Å². The van der Waals surface area contributed by atoms with Crippen molar-refractivity contribution in [3.8, 4) is 28.3 Å². The van der Waals surface area contributed by atoms with E-state index >= 15 is 0 Å². The highest BCUT2D eigenvalue weighted by atomic mass is 32.1. The maximum absolute atomic E-state index is 13.5. The van der Waals surface area contributed by atoms with Gasteiger partial charge in [0.25, 0.3) is 5.56 Å². The smallest absolute Gasteiger partial charge is 0.274 e. The molecule has 4 nitrogen and oxygen atoms in total. The summed E-state index contributed by atoms with van der Waals surface area (Å²) in [6, 6.07) is 27.8. The lowest BCUT2D eigenvalue weighted by Crippen LogP contribution is -2.23. The number of ether oxygens (including phenoxy) is 1. The molecule has 0 saturated heterocycles. The highest BCUT2D eigenvalue weighted by Gasteiger charge is 2.19. The topological polar surface area (TPSA) is 43.6 Å². The zero-order valence-electron chi connectivity index (χ0n) is 17.7. The fourth-order valence-corrected chi connectivity index (χ4v) is 4.66. The molecule has 2 aromatic heterocycles. The van der Waals surface area contributed by atoms with Gasteiger partial charge in [-0.25, -0.2) is 9.38 Å². The zero-order chi connectivity index (χ0) is 21.9. The third kappa shape index (κ3) is 3.83. The van der Waals surface area contributed by atoms with Gasteiger partial charge >= 0.3 is 0 Å². The van der Waals surface area contributed by atoms with Crippen LogP contribution in [0, 0.1) is 0 Å². The van der Waals surface area contributed by atoms with Gasteiger partial charge in [-0.05, 0) is 30.2 Å². The first-order valence-corrected chi connectivity index (χ1v) is 11.5. The number of imidazole rings is 1. The van der Waals surface area contributed by atoms with Crippen LogP contribution in [0.4, 0.5) is 0 Å². The first-order chi connectivity index (χ1) is 15.7. The summed E-state index contributed by atoms with van der Waals surface area (Å²) in [5.74, 6) is 0.839. The minimum Gasteiger partial charge on any atom is -0.494 e. The van der Waals surface area contributed by atoms with Crippen molar-refractivity contribution in [1.29, 1.82) is 0 Å². The molecule has 5 heteroatoms. The van der Waals surface area contributed by atoms with Crippen LogP contribution < -0.4 is 14.8 Å². The van der Waals surface area contributed by atoms with Crippen molar-refractivity contribution in [1.82, 2.24) is 9.38 Å². The van der Waals surface area contributed by atoms with E-state index < -0.39 is 0 Å². The highest BCUT2D eigenvalue weighted by Crippen LogP contribution is 2.32. The Kier molecular flexibility index (Phi) is 5.57. The number of hydrogen-bond donors (Lipinski definition) is 0. The molecule has 0 radical (unpaired) electrons. The van der Waals surface area contributed by atoms with Crippen LogP contribution in [-0.4, -0.2) is 16.0 Å². The summed E-state index contributed by atoms with van der Waals surface area (Å²) in [7, 11) is 0. The molecule has 0 aliphatic rings. The lowest BCUT2D eigenvalue weighted by Gasteiger charge is -2.04. The summed E-state index contributed by atoms with van der Waals surface area (Å²) in [6.07, 6.45) is 2.89. The third-order valence-electron chi connectivity index (χ3n) is 5.21. The van der Waals surface area contributed by atoms with E-state index in [0.717, 1.165) is 40.2 Å². The Labute approximate surface area is 190 Å². The summed E-state index contributed by atoms with van der Waals surface area (Å²) in [4.78, 5) is 19.0. The molecule has 32 heavy (non-hydrogen) atoms. The molecular formula is C27H22N2O2S. The molecule has 5 rings (SSSR count). The number of benzene rings is 3. The van der Waals surface area contributed by atoms with Gasteiger partial charge in [0.15, 0.2) is 4.96 Å². The van der Waals surface area contributed by atoms with E-state index in [-0.39, 0.29) is 5.56 Å². The summed E-state index contributed by atoms with van der Waals surface area (Å²) in [5, 5.41) is 0. The Morgan fingerprint density at radius 3 is 2.22 bits per heavy atom. The van der Waals surface area contributed by atoms with Crippen LogP contribution in [-0.2, 0) is 0 Å². The van der Waals surface area contributed by atoms with Gasteiger partial charge in [-0.3, -0.25) is 4.79 Å². The Hall–Kier alpha value is -3.70. The summed E-state index contributed by atoms with van der Waals surface area (Å²) >= 11 is 1.41. The van der Waals surface area contributed by atoms with Crippen molar-refractivity contribution in [2.24, 2.45) is 0 Å². The number of nitrogens with zero attached hydrogens (tertiary/aromatic N) is 2. The molecule has 0 aliphatic heterocycles. The second-order valence-corrected chi connectivity index (χ2v) is 8.50. The minimum absolute atomic E-state index is 0.0511. The lowest BCUT2D eigenvalue weighted by atomic mass is 10.1. The predicted molar refractivity (Wildman–Crippen MR) is 131 cm³/mol. The number of rotatable bonds is 6. The number of aromatic nitrogens is 2. The second-order valence-electron chi connectivity index (χ2n) is 7.49. The fourth-order valence-electron chi connectivity index (χ4n) is 3.69. The zero-order valence-corrected chi connectivity index (χ0v) is 18.5. The van der Waals surface area contributed by atoms with E-state index in [0.29, 0.717) is 16.1 Å². The van der Waals surface area contributed by atoms with Crippen LogP contribution in [0.15, 0.2) is 89.7 Å². The van der Waals surface area contributed by atoms with Crippen molar-refractivity contribution >= 4 is 22.4 Å². The quantitative estimate of drug-likeness (QED) is 0.355. The molecule has 0 amide bonds. The van der Waals surface area contributed by atoms with Crippen LogP contribution in [0.3, 0.4) is 0 Å². The van der Waals surface area contributed by atoms with Gasteiger partial charge in [-0.2, -0.15) is 0 Å². The molecule has 0 saturated carbocycles. The molecule has 0 fully saturated rings. The normalized spacial score (nSPS) is 11.8. The average Bonchev–Trinajstić information content (AvgIpc) is 3.36. The molecule has 0 aliphatic carbocycles. The molecule has 0 atom stereocenters. The summed E-state index contributed by atoms with van der Waals surface area (Å²) in [5.41, 5.74) is 4.53. The van der Waals surface area contributed by atoms with Crippen LogP contribution >= 0.6 is 11.3 Å². The van der Waals surface area contributed by atoms with Gasteiger partial charge in [-0.15, -0.1) is 0 Å². The van der Waals surface area contributed by atoms with Gasteiger partial charge in [-0.1, -0.05) is 91.1 Å². The standard InChI is InChI=1S/C27H22N2O2S/c1-2-17-31-22-15-13-19(14-16-22)18-23-26(30)29-25(21-11-7-4-8-12-21)24(28-27(29)32-23)20-9-5-3-6-10-20/h3-16,18H,2,17H2,1H3. The molecule has 2 heterocycles. The monoisotopic (exact) mass is 438 g/mol. The van der Waals surface area contributed by atoms with Gasteiger partial charge in [0.05, 0.1) is 22.5 Å². The van der Waals surface area contributed by atoms with Crippen molar-refractivity contribution in [3.63, 3.8) is 0 Å². The molecule has 3 aromatic carbocycles. The molecule has 158 valence electrons. The van der Waals surface area contributed by atoms with Crippen LogP contribution in [0.2, 0.25) is 0 Å². The van der Waals surface area contributed by atoms with Gasteiger partial charge < -0.3 is 4.74 Å². The predicted octanol–water partition coefficient (Wildman–Crippen LogP) is 5.43. The van der Waals surface area contributed by atoms with E-state index in [2.05, 4.69) is 6.92 Å². The van der Waals surface area contributed by atoms with Crippen LogP contribution in [0.25, 0.3) is 33.6 Å². The SMILES string of the molecule is CCCOc1ccc(C=c2sc3nc(-c4ccccc4)c(-c4ccccc4)n3c2=O)cc1. The maximum Gasteiger partial charge on any atom is 0.274 e. The first-order valence-electron chi connectivity index (χ1n) is 10.7. The minimum atomic E-state index is -0.0511. The van der Waals surface area contributed by atoms with Gasteiger partial charge in [0.1, 0.15) is 5.75 Å². The van der Waals surface area contributed by atoms with E-state index in [1.165, 1.54) is 11.3 Å². The first kappa shape index (κ1) is 20.2. The molecule has 0 N–H and O–H groups in total. The van der Waals surface area contributed by atoms with Crippen molar-refractivity contribution in [3.05, 3.63) is 105 Å². The summed E-state index contributed by atoms with van der Waals surface area (Å²) < 4.78 is 8.05. The largest absolute Gasteiger partial charge is 0.494 e. The molecule has 0 unspecified atom stereocenters.